The van der Waals surface area contributed by atoms with Crippen LogP contribution in [0.3, 0.4) is 0 Å². The van der Waals surface area contributed by atoms with E-state index in [1.807, 2.05) is 25.1 Å². The summed E-state index contributed by atoms with van der Waals surface area (Å²) in [6.07, 6.45) is 3.83. The second kappa shape index (κ2) is 7.61. The third kappa shape index (κ3) is 4.06. The summed E-state index contributed by atoms with van der Waals surface area (Å²) in [6, 6.07) is 6.43. The van der Waals surface area contributed by atoms with Crippen LogP contribution in [0.25, 0.3) is 10.9 Å². The molecule has 4 heteroatoms. The molecule has 0 amide bonds. The average molecular weight is 343 g/mol. The van der Waals surface area contributed by atoms with Crippen molar-refractivity contribution in [2.75, 3.05) is 13.2 Å². The second-order valence-corrected chi connectivity index (χ2v) is 7.95. The molecular weight excluding hydrogens is 312 g/mol. The fraction of sp³-hybridized carbons (Fsp3) is 0.571. The fourth-order valence-electron chi connectivity index (χ4n) is 3.74. The molecule has 2 N–H and O–H groups in total. The van der Waals surface area contributed by atoms with Crippen molar-refractivity contribution in [2.45, 2.75) is 59.5 Å². The molecule has 2 unspecified atom stereocenters. The molecular formula is C21H31N2O2+. The molecule has 25 heavy (non-hydrogen) atoms. The van der Waals surface area contributed by atoms with Crippen LogP contribution in [0.15, 0.2) is 23.0 Å². The zero-order valence-electron chi connectivity index (χ0n) is 15.9. The molecule has 4 nitrogen and oxygen atoms in total. The van der Waals surface area contributed by atoms with Crippen LogP contribution >= 0.6 is 0 Å². The molecule has 1 aliphatic rings. The predicted molar refractivity (Wildman–Crippen MR) is 102 cm³/mol. The Morgan fingerprint density at radius 1 is 1.32 bits per heavy atom. The molecule has 0 radical (unpaired) electrons. The van der Waals surface area contributed by atoms with E-state index in [1.165, 1.54) is 24.2 Å². The number of H-pyrrole nitrogens is 1. The Balaban J connectivity index is 1.93. The first-order chi connectivity index (χ1) is 12.0. The Hall–Kier alpha value is -1.81. The normalized spacial score (nSPS) is 21.0. The summed E-state index contributed by atoms with van der Waals surface area (Å²) in [5.74, 6) is 1.24. The maximum Gasteiger partial charge on any atom is 0.198 e. The Kier molecular flexibility index (Phi) is 5.48. The number of hydrogen-bond acceptors (Lipinski definition) is 2. The van der Waals surface area contributed by atoms with Crippen molar-refractivity contribution in [3.05, 3.63) is 39.7 Å². The first-order valence-corrected chi connectivity index (χ1v) is 9.58. The molecule has 1 aliphatic heterocycles. The molecule has 1 aromatic carbocycles. The van der Waals surface area contributed by atoms with Gasteiger partial charge in [-0.1, -0.05) is 13.8 Å². The van der Waals surface area contributed by atoms with Gasteiger partial charge in [-0.3, -0.25) is 4.79 Å². The van der Waals surface area contributed by atoms with E-state index in [0.29, 0.717) is 18.6 Å². The first-order valence-electron chi connectivity index (χ1n) is 9.58. The summed E-state index contributed by atoms with van der Waals surface area (Å²) in [6.45, 7) is 11.2. The number of benzene rings is 1. The number of quaternary nitrogens is 1. The van der Waals surface area contributed by atoms with Gasteiger partial charge < -0.3 is 14.6 Å². The molecule has 1 saturated heterocycles. The number of aromatic nitrogens is 1. The lowest BCUT2D eigenvalue weighted by atomic mass is 10.0. The lowest BCUT2D eigenvalue weighted by molar-refractivity contribution is -0.942. The number of aromatic amines is 1. The van der Waals surface area contributed by atoms with Gasteiger partial charge in [-0.25, -0.2) is 0 Å². The van der Waals surface area contributed by atoms with Gasteiger partial charge in [-0.2, -0.15) is 0 Å². The predicted octanol–water partition coefficient (Wildman–Crippen LogP) is 2.83. The highest BCUT2D eigenvalue weighted by Crippen LogP contribution is 2.19. The van der Waals surface area contributed by atoms with E-state index in [4.69, 9.17) is 4.74 Å². The minimum atomic E-state index is 0.159. The van der Waals surface area contributed by atoms with Crippen LogP contribution in [0.4, 0.5) is 0 Å². The Morgan fingerprint density at radius 3 is 2.84 bits per heavy atom. The van der Waals surface area contributed by atoms with E-state index in [2.05, 4.69) is 25.8 Å². The van der Waals surface area contributed by atoms with Crippen LogP contribution in [-0.4, -0.2) is 24.2 Å². The van der Waals surface area contributed by atoms with Crippen LogP contribution in [0, 0.1) is 12.8 Å². The van der Waals surface area contributed by atoms with Gasteiger partial charge in [0.15, 0.2) is 5.43 Å². The standard InChI is InChI=1S/C21H30N2O2/c1-14(2)13-25-17-8-9-20-18(11-17)21(24)19(16(4)22-20)12-23-10-6-5-7-15(23)3/h8-9,11,14-15H,5-7,10,12-13H2,1-4H3,(H,22,24)/p+1. The van der Waals surface area contributed by atoms with Crippen molar-refractivity contribution in [1.29, 1.82) is 0 Å². The lowest BCUT2D eigenvalue weighted by Gasteiger charge is -2.30. The molecule has 1 aromatic heterocycles. The summed E-state index contributed by atoms with van der Waals surface area (Å²) in [5.41, 5.74) is 2.98. The third-order valence-electron chi connectivity index (χ3n) is 5.35. The number of pyridine rings is 1. The highest BCUT2D eigenvalue weighted by Gasteiger charge is 2.24. The van der Waals surface area contributed by atoms with Gasteiger partial charge in [0.25, 0.3) is 0 Å². The van der Waals surface area contributed by atoms with Gasteiger partial charge in [0.05, 0.1) is 24.8 Å². The summed E-state index contributed by atoms with van der Waals surface area (Å²) in [4.78, 5) is 18.1. The van der Waals surface area contributed by atoms with E-state index in [9.17, 15) is 4.79 Å². The number of likely N-dealkylation sites (tertiary alicyclic amines) is 1. The Morgan fingerprint density at radius 2 is 2.12 bits per heavy atom. The van der Waals surface area contributed by atoms with Gasteiger partial charge in [0.2, 0.25) is 0 Å². The monoisotopic (exact) mass is 343 g/mol. The van der Waals surface area contributed by atoms with Crippen LogP contribution in [0.1, 0.15) is 51.3 Å². The van der Waals surface area contributed by atoms with E-state index in [-0.39, 0.29) is 5.43 Å². The van der Waals surface area contributed by atoms with Crippen LogP contribution in [-0.2, 0) is 6.54 Å². The summed E-state index contributed by atoms with van der Waals surface area (Å²) in [5, 5.41) is 0.742. The minimum absolute atomic E-state index is 0.159. The maximum atomic E-state index is 13.1. The highest BCUT2D eigenvalue weighted by molar-refractivity contribution is 5.81. The molecule has 0 aliphatic carbocycles. The van der Waals surface area contributed by atoms with Crippen molar-refractivity contribution in [1.82, 2.24) is 4.98 Å². The minimum Gasteiger partial charge on any atom is -0.493 e. The molecule has 0 saturated carbocycles. The number of nitrogens with one attached hydrogen (secondary N) is 2. The quantitative estimate of drug-likeness (QED) is 0.877. The van der Waals surface area contributed by atoms with Gasteiger partial charge in [0, 0.05) is 16.6 Å². The van der Waals surface area contributed by atoms with E-state index < -0.39 is 0 Å². The van der Waals surface area contributed by atoms with Crippen LogP contribution < -0.4 is 15.1 Å². The molecule has 2 heterocycles. The SMILES string of the molecule is Cc1[nH]c2ccc(OCC(C)C)cc2c(=O)c1C[NH+]1CCCCC1C. The van der Waals surface area contributed by atoms with Crippen molar-refractivity contribution in [2.24, 2.45) is 5.92 Å². The Bertz CT molecular complexity index is 794. The number of aryl methyl sites for hydroxylation is 1. The van der Waals surface area contributed by atoms with Gasteiger partial charge in [0.1, 0.15) is 12.3 Å². The van der Waals surface area contributed by atoms with Crippen LogP contribution in [0.2, 0.25) is 0 Å². The van der Waals surface area contributed by atoms with Gasteiger partial charge in [-0.05, 0) is 57.2 Å². The molecule has 0 spiro atoms. The number of rotatable bonds is 5. The number of ether oxygens (including phenoxy) is 1. The molecule has 0 bridgehead atoms. The summed E-state index contributed by atoms with van der Waals surface area (Å²) < 4.78 is 5.81. The van der Waals surface area contributed by atoms with Crippen molar-refractivity contribution in [3.8, 4) is 5.75 Å². The maximum absolute atomic E-state index is 13.1. The average Bonchev–Trinajstić information content (AvgIpc) is 2.58. The molecule has 3 rings (SSSR count). The van der Waals surface area contributed by atoms with Gasteiger partial charge >= 0.3 is 0 Å². The fourth-order valence-corrected chi connectivity index (χ4v) is 3.74. The number of hydrogen-bond donors (Lipinski definition) is 2. The lowest BCUT2D eigenvalue weighted by Crippen LogP contribution is -3.15. The van der Waals surface area contributed by atoms with Crippen molar-refractivity contribution in [3.63, 3.8) is 0 Å². The zero-order valence-corrected chi connectivity index (χ0v) is 15.9. The number of fused-ring (bicyclic) bond motifs is 1. The molecule has 2 atom stereocenters. The first kappa shape index (κ1) is 18.0. The second-order valence-electron chi connectivity index (χ2n) is 7.95. The number of piperidine rings is 1. The van der Waals surface area contributed by atoms with Crippen molar-refractivity contribution < 1.29 is 9.64 Å². The highest BCUT2D eigenvalue weighted by atomic mass is 16.5. The summed E-state index contributed by atoms with van der Waals surface area (Å²) in [7, 11) is 0. The third-order valence-corrected chi connectivity index (χ3v) is 5.35. The van der Waals surface area contributed by atoms with Crippen LogP contribution in [0.5, 0.6) is 5.75 Å². The van der Waals surface area contributed by atoms with Gasteiger partial charge in [-0.15, -0.1) is 0 Å². The van der Waals surface area contributed by atoms with E-state index in [1.54, 1.807) is 0 Å². The largest absolute Gasteiger partial charge is 0.493 e. The van der Waals surface area contributed by atoms with E-state index in [0.717, 1.165) is 41.0 Å². The molecule has 2 aromatic rings. The Labute approximate surface area is 150 Å². The summed E-state index contributed by atoms with van der Waals surface area (Å²) >= 11 is 0. The smallest absolute Gasteiger partial charge is 0.198 e. The molecule has 1 fully saturated rings. The topological polar surface area (TPSA) is 46.5 Å². The zero-order chi connectivity index (χ0) is 18.0. The molecule has 136 valence electrons. The van der Waals surface area contributed by atoms with E-state index >= 15 is 0 Å². The van der Waals surface area contributed by atoms with Crippen molar-refractivity contribution >= 4 is 10.9 Å².